The second-order valence-corrected chi connectivity index (χ2v) is 5.92. The number of hydrogen-bond donors (Lipinski definition) is 2. The van der Waals surface area contributed by atoms with Crippen LogP contribution < -0.4 is 10.6 Å². The Morgan fingerprint density at radius 3 is 2.67 bits per heavy atom. The topological polar surface area (TPSA) is 67.4 Å². The molecule has 0 saturated carbocycles. The van der Waals surface area contributed by atoms with Crippen molar-refractivity contribution in [1.29, 1.82) is 0 Å². The normalized spacial score (nSPS) is 19.1. The Labute approximate surface area is 127 Å². The third kappa shape index (κ3) is 7.16. The molecule has 1 aliphatic carbocycles. The molecule has 120 valence electrons. The summed E-state index contributed by atoms with van der Waals surface area (Å²) in [6, 6.07) is -0.0906. The van der Waals surface area contributed by atoms with Gasteiger partial charge < -0.3 is 15.4 Å². The van der Waals surface area contributed by atoms with E-state index in [0.717, 1.165) is 25.7 Å². The minimum atomic E-state index is -0.419. The highest BCUT2D eigenvalue weighted by atomic mass is 16.5. The second-order valence-electron chi connectivity index (χ2n) is 5.92. The van der Waals surface area contributed by atoms with Gasteiger partial charge in [0, 0.05) is 18.5 Å². The molecule has 0 aromatic carbocycles. The SMILES string of the molecule is CCOC(=O)N[C@@H](CNC(=O)[C@H]1CC=CCC1)CC(C)C. The summed E-state index contributed by atoms with van der Waals surface area (Å²) in [5.74, 6) is 0.586. The maximum Gasteiger partial charge on any atom is 0.407 e. The lowest BCUT2D eigenvalue weighted by Gasteiger charge is -2.23. The fourth-order valence-electron chi connectivity index (χ4n) is 2.50. The lowest BCUT2D eigenvalue weighted by atomic mass is 9.93. The van der Waals surface area contributed by atoms with E-state index in [-0.39, 0.29) is 17.9 Å². The zero-order chi connectivity index (χ0) is 15.7. The standard InChI is InChI=1S/C16H28N2O3/c1-4-21-16(20)18-14(10-12(2)3)11-17-15(19)13-8-6-5-7-9-13/h5-6,12-14H,4,7-11H2,1-3H3,(H,17,19)(H,18,20)/t13-,14+/m0/s1. The Bertz CT molecular complexity index is 367. The van der Waals surface area contributed by atoms with Crippen molar-refractivity contribution >= 4 is 12.0 Å². The molecule has 0 bridgehead atoms. The largest absolute Gasteiger partial charge is 0.450 e. The van der Waals surface area contributed by atoms with E-state index in [9.17, 15) is 9.59 Å². The summed E-state index contributed by atoms with van der Waals surface area (Å²) in [5, 5.41) is 5.78. The highest BCUT2D eigenvalue weighted by Gasteiger charge is 2.21. The highest BCUT2D eigenvalue weighted by molar-refractivity contribution is 5.79. The van der Waals surface area contributed by atoms with E-state index in [0.29, 0.717) is 19.1 Å². The average Bonchev–Trinajstić information content (AvgIpc) is 2.45. The van der Waals surface area contributed by atoms with Gasteiger partial charge in [-0.1, -0.05) is 26.0 Å². The van der Waals surface area contributed by atoms with Crippen LogP contribution in [0, 0.1) is 11.8 Å². The van der Waals surface area contributed by atoms with Crippen molar-refractivity contribution in [2.45, 2.75) is 52.5 Å². The van der Waals surface area contributed by atoms with E-state index < -0.39 is 6.09 Å². The molecule has 2 N–H and O–H groups in total. The van der Waals surface area contributed by atoms with Crippen LogP contribution in [0.15, 0.2) is 12.2 Å². The maximum absolute atomic E-state index is 12.1. The molecule has 0 unspecified atom stereocenters. The Hall–Kier alpha value is -1.52. The summed E-state index contributed by atoms with van der Waals surface area (Å²) in [6.07, 6.45) is 7.26. The second kappa shape index (κ2) is 9.42. The summed E-state index contributed by atoms with van der Waals surface area (Å²) < 4.78 is 4.91. The Balaban J connectivity index is 2.42. The van der Waals surface area contributed by atoms with E-state index in [1.807, 2.05) is 0 Å². The van der Waals surface area contributed by atoms with Crippen LogP contribution in [0.5, 0.6) is 0 Å². The predicted molar refractivity (Wildman–Crippen MR) is 82.9 cm³/mol. The molecule has 0 spiro atoms. The fraction of sp³-hybridized carbons (Fsp3) is 0.750. The van der Waals surface area contributed by atoms with Crippen LogP contribution in [0.4, 0.5) is 4.79 Å². The molecular formula is C16H28N2O3. The summed E-state index contributed by atoms with van der Waals surface area (Å²) in [7, 11) is 0. The first kappa shape index (κ1) is 17.5. The third-order valence-corrected chi connectivity index (χ3v) is 3.52. The van der Waals surface area contributed by atoms with Crippen molar-refractivity contribution in [3.63, 3.8) is 0 Å². The van der Waals surface area contributed by atoms with Crippen LogP contribution >= 0.6 is 0 Å². The molecule has 2 amide bonds. The molecule has 0 fully saturated rings. The zero-order valence-corrected chi connectivity index (χ0v) is 13.4. The van der Waals surface area contributed by atoms with Gasteiger partial charge in [0.2, 0.25) is 5.91 Å². The number of alkyl carbamates (subject to hydrolysis) is 1. The van der Waals surface area contributed by atoms with Crippen molar-refractivity contribution in [2.75, 3.05) is 13.2 Å². The van der Waals surface area contributed by atoms with Gasteiger partial charge in [-0.25, -0.2) is 4.79 Å². The van der Waals surface area contributed by atoms with Gasteiger partial charge >= 0.3 is 6.09 Å². The molecule has 0 saturated heterocycles. The first-order valence-corrected chi connectivity index (χ1v) is 7.88. The van der Waals surface area contributed by atoms with Gasteiger partial charge in [-0.15, -0.1) is 0 Å². The van der Waals surface area contributed by atoms with Crippen LogP contribution in [0.3, 0.4) is 0 Å². The number of allylic oxidation sites excluding steroid dienone is 2. The average molecular weight is 296 g/mol. The van der Waals surface area contributed by atoms with Gasteiger partial charge in [0.1, 0.15) is 0 Å². The number of carbonyl (C=O) groups excluding carboxylic acids is 2. The van der Waals surface area contributed by atoms with Crippen molar-refractivity contribution in [2.24, 2.45) is 11.8 Å². The molecule has 21 heavy (non-hydrogen) atoms. The minimum absolute atomic E-state index is 0.0669. The molecule has 2 atom stereocenters. The van der Waals surface area contributed by atoms with E-state index in [1.54, 1.807) is 6.92 Å². The van der Waals surface area contributed by atoms with Crippen LogP contribution in [0.25, 0.3) is 0 Å². The molecular weight excluding hydrogens is 268 g/mol. The number of nitrogens with one attached hydrogen (secondary N) is 2. The van der Waals surface area contributed by atoms with E-state index >= 15 is 0 Å². The summed E-state index contributed by atoms with van der Waals surface area (Å²) in [6.45, 7) is 6.76. The highest BCUT2D eigenvalue weighted by Crippen LogP contribution is 2.18. The van der Waals surface area contributed by atoms with Crippen LogP contribution in [-0.2, 0) is 9.53 Å². The monoisotopic (exact) mass is 296 g/mol. The molecule has 0 heterocycles. The molecule has 0 aromatic rings. The summed E-state index contributed by atoms with van der Waals surface area (Å²) in [4.78, 5) is 23.6. The first-order chi connectivity index (χ1) is 10.0. The van der Waals surface area contributed by atoms with Gasteiger partial charge in [0.05, 0.1) is 6.61 Å². The number of carbonyl (C=O) groups is 2. The van der Waals surface area contributed by atoms with Crippen LogP contribution in [0.1, 0.15) is 46.5 Å². The molecule has 5 heteroatoms. The molecule has 0 aromatic heterocycles. The molecule has 1 aliphatic rings. The summed E-state index contributed by atoms with van der Waals surface area (Å²) >= 11 is 0. The van der Waals surface area contributed by atoms with E-state index in [4.69, 9.17) is 4.74 Å². The van der Waals surface area contributed by atoms with Crippen molar-refractivity contribution < 1.29 is 14.3 Å². The quantitative estimate of drug-likeness (QED) is 0.710. The van der Waals surface area contributed by atoms with Crippen LogP contribution in [-0.4, -0.2) is 31.2 Å². The molecule has 0 radical (unpaired) electrons. The maximum atomic E-state index is 12.1. The molecule has 5 nitrogen and oxygen atoms in total. The van der Waals surface area contributed by atoms with Gasteiger partial charge in [-0.05, 0) is 38.5 Å². The number of amides is 2. The number of rotatable bonds is 7. The zero-order valence-electron chi connectivity index (χ0n) is 13.4. The summed E-state index contributed by atoms with van der Waals surface area (Å²) in [5.41, 5.74) is 0. The fourth-order valence-corrected chi connectivity index (χ4v) is 2.50. The lowest BCUT2D eigenvalue weighted by Crippen LogP contribution is -2.45. The van der Waals surface area contributed by atoms with Gasteiger partial charge in [0.15, 0.2) is 0 Å². The Morgan fingerprint density at radius 2 is 2.10 bits per heavy atom. The van der Waals surface area contributed by atoms with Gasteiger partial charge in [0.25, 0.3) is 0 Å². The van der Waals surface area contributed by atoms with Crippen molar-refractivity contribution in [3.05, 3.63) is 12.2 Å². The van der Waals surface area contributed by atoms with E-state index in [2.05, 4.69) is 36.6 Å². The molecule has 0 aliphatic heterocycles. The number of ether oxygens (including phenoxy) is 1. The van der Waals surface area contributed by atoms with Crippen molar-refractivity contribution in [3.8, 4) is 0 Å². The van der Waals surface area contributed by atoms with E-state index in [1.165, 1.54) is 0 Å². The Morgan fingerprint density at radius 1 is 1.33 bits per heavy atom. The molecule has 1 rings (SSSR count). The minimum Gasteiger partial charge on any atom is -0.450 e. The first-order valence-electron chi connectivity index (χ1n) is 7.88. The third-order valence-electron chi connectivity index (χ3n) is 3.52. The van der Waals surface area contributed by atoms with Gasteiger partial charge in [-0.3, -0.25) is 4.79 Å². The predicted octanol–water partition coefficient (Wildman–Crippen LogP) is 2.62. The van der Waals surface area contributed by atoms with Crippen molar-refractivity contribution in [1.82, 2.24) is 10.6 Å². The van der Waals surface area contributed by atoms with Crippen LogP contribution in [0.2, 0.25) is 0 Å². The van der Waals surface area contributed by atoms with Gasteiger partial charge in [-0.2, -0.15) is 0 Å². The number of hydrogen-bond acceptors (Lipinski definition) is 3. The smallest absolute Gasteiger partial charge is 0.407 e. The lowest BCUT2D eigenvalue weighted by molar-refractivity contribution is -0.125. The Kier molecular flexibility index (Phi) is 7.87.